The lowest BCUT2D eigenvalue weighted by molar-refractivity contribution is -0.116. The summed E-state index contributed by atoms with van der Waals surface area (Å²) in [7, 11) is 1.72. The number of hydrogen-bond acceptors (Lipinski definition) is 2. The fraction of sp³-hybridized carbons (Fsp3) is 0.632. The Kier molecular flexibility index (Phi) is 8.00. The van der Waals surface area contributed by atoms with Crippen molar-refractivity contribution in [3.8, 4) is 5.75 Å². The van der Waals surface area contributed by atoms with Crippen molar-refractivity contribution in [2.24, 2.45) is 0 Å². The van der Waals surface area contributed by atoms with Gasteiger partial charge in [-0.05, 0) is 43.4 Å². The largest absolute Gasteiger partial charge is 0.496 e. The number of ether oxygens (including phenoxy) is 1. The van der Waals surface area contributed by atoms with Gasteiger partial charge in [0.05, 0.1) is 7.11 Å². The molecule has 0 aliphatic rings. The zero-order valence-corrected chi connectivity index (χ0v) is 14.8. The van der Waals surface area contributed by atoms with Crippen LogP contribution in [0.1, 0.15) is 69.6 Å². The highest BCUT2D eigenvalue weighted by Gasteiger charge is 2.16. The van der Waals surface area contributed by atoms with Gasteiger partial charge in [-0.25, -0.2) is 0 Å². The monoisotopic (exact) mass is 305 g/mol. The van der Waals surface area contributed by atoms with Gasteiger partial charge in [0.15, 0.2) is 0 Å². The van der Waals surface area contributed by atoms with Crippen LogP contribution in [0.25, 0.3) is 0 Å². The fourth-order valence-corrected chi connectivity index (χ4v) is 2.84. The minimum absolute atomic E-state index is 0.0951. The molecule has 1 amide bonds. The summed E-state index contributed by atoms with van der Waals surface area (Å²) in [5.74, 6) is 1.04. The highest BCUT2D eigenvalue weighted by molar-refractivity contribution is 5.92. The molecule has 1 aromatic carbocycles. The normalized spacial score (nSPS) is 10.6. The number of benzene rings is 1. The Hall–Kier alpha value is -1.51. The maximum atomic E-state index is 12.1. The van der Waals surface area contributed by atoms with E-state index in [0.29, 0.717) is 6.42 Å². The van der Waals surface area contributed by atoms with Crippen LogP contribution in [-0.2, 0) is 17.6 Å². The molecule has 0 saturated carbocycles. The Morgan fingerprint density at radius 1 is 1.14 bits per heavy atom. The van der Waals surface area contributed by atoms with Gasteiger partial charge >= 0.3 is 0 Å². The molecule has 0 atom stereocenters. The van der Waals surface area contributed by atoms with Crippen molar-refractivity contribution in [1.82, 2.24) is 0 Å². The summed E-state index contributed by atoms with van der Waals surface area (Å²) in [4.78, 5) is 12.1. The minimum Gasteiger partial charge on any atom is -0.496 e. The predicted octanol–water partition coefficient (Wildman–Crippen LogP) is 5.04. The molecule has 0 aromatic heterocycles. The SMILES string of the molecule is CCCCC(=O)Nc1cc(CCC)c(CCC)c(OC)c1C. The van der Waals surface area contributed by atoms with Crippen molar-refractivity contribution in [1.29, 1.82) is 0 Å². The number of amides is 1. The summed E-state index contributed by atoms with van der Waals surface area (Å²) in [6, 6.07) is 2.15. The Balaban J connectivity index is 3.17. The van der Waals surface area contributed by atoms with Crippen LogP contribution in [0.2, 0.25) is 0 Å². The molecule has 0 radical (unpaired) electrons. The van der Waals surface area contributed by atoms with Gasteiger partial charge in [-0.2, -0.15) is 0 Å². The Labute approximate surface area is 135 Å². The summed E-state index contributed by atoms with van der Waals surface area (Å²) in [5.41, 5.74) is 4.55. The highest BCUT2D eigenvalue weighted by Crippen LogP contribution is 2.34. The third-order valence-electron chi connectivity index (χ3n) is 3.98. The lowest BCUT2D eigenvalue weighted by atomic mass is 9.94. The number of rotatable bonds is 9. The van der Waals surface area contributed by atoms with E-state index >= 15 is 0 Å². The molecule has 0 saturated heterocycles. The molecule has 1 rings (SSSR count). The number of nitrogens with one attached hydrogen (secondary N) is 1. The van der Waals surface area contributed by atoms with E-state index in [9.17, 15) is 4.79 Å². The van der Waals surface area contributed by atoms with E-state index in [4.69, 9.17) is 4.74 Å². The summed E-state index contributed by atoms with van der Waals surface area (Å²) < 4.78 is 5.67. The van der Waals surface area contributed by atoms with Crippen LogP contribution in [0, 0.1) is 6.92 Å². The van der Waals surface area contributed by atoms with Gasteiger partial charge in [0.25, 0.3) is 0 Å². The first kappa shape index (κ1) is 18.5. The maximum absolute atomic E-state index is 12.1. The Bertz CT molecular complexity index is 495. The van der Waals surface area contributed by atoms with Crippen molar-refractivity contribution in [2.45, 2.75) is 72.6 Å². The topological polar surface area (TPSA) is 38.3 Å². The molecule has 0 bridgehead atoms. The molecular weight excluding hydrogens is 274 g/mol. The van der Waals surface area contributed by atoms with Crippen LogP contribution >= 0.6 is 0 Å². The zero-order chi connectivity index (χ0) is 16.5. The smallest absolute Gasteiger partial charge is 0.224 e. The van der Waals surface area contributed by atoms with Crippen molar-refractivity contribution in [3.63, 3.8) is 0 Å². The Morgan fingerprint density at radius 3 is 2.36 bits per heavy atom. The van der Waals surface area contributed by atoms with E-state index in [1.807, 2.05) is 6.92 Å². The molecule has 0 aliphatic carbocycles. The van der Waals surface area contributed by atoms with E-state index < -0.39 is 0 Å². The van der Waals surface area contributed by atoms with Gasteiger partial charge in [-0.1, -0.05) is 40.0 Å². The average molecular weight is 305 g/mol. The first-order chi connectivity index (χ1) is 10.6. The van der Waals surface area contributed by atoms with Crippen molar-refractivity contribution >= 4 is 11.6 Å². The molecule has 0 heterocycles. The lowest BCUT2D eigenvalue weighted by Crippen LogP contribution is -2.13. The van der Waals surface area contributed by atoms with Gasteiger partial charge in [-0.3, -0.25) is 4.79 Å². The number of anilines is 1. The van der Waals surface area contributed by atoms with E-state index in [1.165, 1.54) is 11.1 Å². The quantitative estimate of drug-likeness (QED) is 0.694. The molecule has 1 N–H and O–H groups in total. The van der Waals surface area contributed by atoms with Gasteiger partial charge in [0.2, 0.25) is 5.91 Å². The summed E-state index contributed by atoms with van der Waals surface area (Å²) >= 11 is 0. The predicted molar refractivity (Wildman–Crippen MR) is 93.9 cm³/mol. The van der Waals surface area contributed by atoms with Gasteiger partial charge in [0, 0.05) is 17.7 Å². The molecule has 0 aliphatic heterocycles. The first-order valence-electron chi connectivity index (χ1n) is 8.58. The number of hydrogen-bond donors (Lipinski definition) is 1. The number of aryl methyl sites for hydroxylation is 1. The molecule has 3 heteroatoms. The third kappa shape index (κ3) is 4.75. The van der Waals surface area contributed by atoms with E-state index in [-0.39, 0.29) is 5.91 Å². The van der Waals surface area contributed by atoms with Crippen LogP contribution < -0.4 is 10.1 Å². The molecule has 22 heavy (non-hydrogen) atoms. The first-order valence-corrected chi connectivity index (χ1v) is 8.58. The van der Waals surface area contributed by atoms with E-state index in [1.54, 1.807) is 7.11 Å². The van der Waals surface area contributed by atoms with Gasteiger partial charge < -0.3 is 10.1 Å². The second kappa shape index (κ2) is 9.50. The van der Waals surface area contributed by atoms with E-state index in [0.717, 1.165) is 55.5 Å². The number of unbranched alkanes of at least 4 members (excludes halogenated alkanes) is 1. The summed E-state index contributed by atoms with van der Waals surface area (Å²) in [5, 5.41) is 3.07. The van der Waals surface area contributed by atoms with Crippen LogP contribution in [0.5, 0.6) is 5.75 Å². The molecule has 0 fully saturated rings. The number of carbonyl (C=O) groups excluding carboxylic acids is 1. The number of methoxy groups -OCH3 is 1. The molecule has 0 unspecified atom stereocenters. The zero-order valence-electron chi connectivity index (χ0n) is 14.8. The maximum Gasteiger partial charge on any atom is 0.224 e. The number of carbonyl (C=O) groups is 1. The van der Waals surface area contributed by atoms with Gasteiger partial charge in [0.1, 0.15) is 5.75 Å². The van der Waals surface area contributed by atoms with Gasteiger partial charge in [-0.15, -0.1) is 0 Å². The summed E-state index contributed by atoms with van der Waals surface area (Å²) in [6.45, 7) is 8.50. The van der Waals surface area contributed by atoms with E-state index in [2.05, 4.69) is 32.2 Å². The molecule has 1 aromatic rings. The second-order valence-corrected chi connectivity index (χ2v) is 5.87. The molecule has 3 nitrogen and oxygen atoms in total. The van der Waals surface area contributed by atoms with Crippen LogP contribution in [0.4, 0.5) is 5.69 Å². The highest BCUT2D eigenvalue weighted by atomic mass is 16.5. The van der Waals surface area contributed by atoms with Crippen LogP contribution in [-0.4, -0.2) is 13.0 Å². The molecule has 0 spiro atoms. The van der Waals surface area contributed by atoms with Crippen molar-refractivity contribution in [3.05, 3.63) is 22.8 Å². The van der Waals surface area contributed by atoms with Crippen molar-refractivity contribution in [2.75, 3.05) is 12.4 Å². The van der Waals surface area contributed by atoms with Crippen molar-refractivity contribution < 1.29 is 9.53 Å². The third-order valence-corrected chi connectivity index (χ3v) is 3.98. The Morgan fingerprint density at radius 2 is 1.82 bits per heavy atom. The molecule has 124 valence electrons. The standard InChI is InChI=1S/C19H31NO2/c1-6-9-12-18(21)20-17-13-15(10-7-2)16(11-8-3)19(22-5)14(17)4/h13H,6-12H2,1-5H3,(H,20,21). The van der Waals surface area contributed by atoms with Crippen LogP contribution in [0.3, 0.4) is 0 Å². The average Bonchev–Trinajstić information content (AvgIpc) is 2.50. The fourth-order valence-electron chi connectivity index (χ4n) is 2.84. The molecular formula is C19H31NO2. The minimum atomic E-state index is 0.0951. The second-order valence-electron chi connectivity index (χ2n) is 5.87. The van der Waals surface area contributed by atoms with Crippen LogP contribution in [0.15, 0.2) is 6.07 Å². The summed E-state index contributed by atoms with van der Waals surface area (Å²) in [6.07, 6.45) is 6.76. The lowest BCUT2D eigenvalue weighted by Gasteiger charge is -2.20.